The van der Waals surface area contributed by atoms with Crippen molar-refractivity contribution in [3.05, 3.63) is 156 Å². The number of ether oxygens (including phenoxy) is 1. The summed E-state index contributed by atoms with van der Waals surface area (Å²) < 4.78 is 135. The number of halogens is 9. The van der Waals surface area contributed by atoms with Gasteiger partial charge in [-0.05, 0) is 120 Å². The molecule has 0 N–H and O–H groups in total. The highest BCUT2D eigenvalue weighted by molar-refractivity contribution is 7.97. The van der Waals surface area contributed by atoms with Gasteiger partial charge in [-0.15, -0.1) is 0 Å². The Bertz CT molecular complexity index is 2290. The van der Waals surface area contributed by atoms with Crippen LogP contribution in [0.3, 0.4) is 0 Å². The smallest absolute Gasteiger partial charge is 0.416 e. The van der Waals surface area contributed by atoms with Crippen LogP contribution in [0.1, 0.15) is 54.9 Å². The molecule has 57 heavy (non-hydrogen) atoms. The average molecular weight is 810 g/mol. The van der Waals surface area contributed by atoms with E-state index in [2.05, 4.69) is 0 Å². The maximum Gasteiger partial charge on any atom is 0.416 e. The van der Waals surface area contributed by atoms with Gasteiger partial charge in [0.2, 0.25) is 0 Å². The van der Waals surface area contributed by atoms with Crippen molar-refractivity contribution in [2.45, 2.75) is 72.2 Å². The van der Waals surface area contributed by atoms with Crippen LogP contribution in [0.5, 0.6) is 5.75 Å². The Balaban J connectivity index is 1.86. The lowest BCUT2D eigenvalue weighted by atomic mass is 9.82. The molecule has 6 aromatic carbocycles. The van der Waals surface area contributed by atoms with E-state index >= 15 is 0 Å². The van der Waals surface area contributed by atoms with Crippen LogP contribution in [-0.4, -0.2) is 7.11 Å². The second-order valence-corrected chi connectivity index (χ2v) is 15.5. The Kier molecular flexibility index (Phi) is 12.5. The number of benzene rings is 6. The topological polar surface area (TPSA) is 9.23 Å². The molecule has 11 heteroatoms. The highest BCUT2D eigenvalue weighted by atomic mass is 32.2. The van der Waals surface area contributed by atoms with Crippen LogP contribution in [0.15, 0.2) is 148 Å². The first-order valence-electron chi connectivity index (χ1n) is 18.3. The molecule has 0 bridgehead atoms. The van der Waals surface area contributed by atoms with Gasteiger partial charge in [-0.1, -0.05) is 80.8 Å². The van der Waals surface area contributed by atoms with Gasteiger partial charge in [0.1, 0.15) is 5.75 Å². The second kappa shape index (κ2) is 17.1. The number of methoxy groups -OCH3 is 1. The molecule has 0 saturated carbocycles. The van der Waals surface area contributed by atoms with Crippen LogP contribution in [0.2, 0.25) is 0 Å². The fraction of sp³-hybridized carbons (Fsp3) is 0.217. The van der Waals surface area contributed by atoms with Gasteiger partial charge in [0, 0.05) is 11.1 Å². The van der Waals surface area contributed by atoms with Crippen molar-refractivity contribution in [3.63, 3.8) is 0 Å². The Morgan fingerprint density at radius 1 is 0.474 bits per heavy atom. The molecular formula is C46H38F9OS+. The molecule has 6 aromatic rings. The molecule has 1 unspecified atom stereocenters. The van der Waals surface area contributed by atoms with Gasteiger partial charge in [0.25, 0.3) is 0 Å². The van der Waals surface area contributed by atoms with Gasteiger partial charge in [0.15, 0.2) is 14.7 Å². The summed E-state index contributed by atoms with van der Waals surface area (Å²) in [5.74, 6) is 0.551. The molecule has 0 aromatic heterocycles. The largest absolute Gasteiger partial charge is 0.497 e. The number of hydrogen-bond acceptors (Lipinski definition) is 1. The minimum atomic E-state index is -4.80. The van der Waals surface area contributed by atoms with E-state index in [0.717, 1.165) is 65.5 Å². The van der Waals surface area contributed by atoms with Crippen LogP contribution in [0.25, 0.3) is 33.4 Å². The maximum absolute atomic E-state index is 14.5. The first-order chi connectivity index (χ1) is 27.1. The average Bonchev–Trinajstić information content (AvgIpc) is 3.19. The van der Waals surface area contributed by atoms with E-state index in [1.807, 2.05) is 55.5 Å². The summed E-state index contributed by atoms with van der Waals surface area (Å²) >= 11 is 0. The van der Waals surface area contributed by atoms with Crippen molar-refractivity contribution < 1.29 is 44.3 Å². The monoisotopic (exact) mass is 809 g/mol. The maximum atomic E-state index is 14.5. The van der Waals surface area contributed by atoms with Crippen molar-refractivity contribution in [3.8, 4) is 39.1 Å². The van der Waals surface area contributed by atoms with Crippen LogP contribution >= 0.6 is 0 Å². The van der Waals surface area contributed by atoms with E-state index in [-0.39, 0.29) is 33.4 Å². The van der Waals surface area contributed by atoms with Crippen LogP contribution < -0.4 is 4.74 Å². The number of rotatable bonds is 12. The summed E-state index contributed by atoms with van der Waals surface area (Å²) in [4.78, 5) is 1.99. The van der Waals surface area contributed by atoms with Crippen LogP contribution in [-0.2, 0) is 35.8 Å². The van der Waals surface area contributed by atoms with E-state index < -0.39 is 46.1 Å². The van der Waals surface area contributed by atoms with Crippen molar-refractivity contribution >= 4 is 10.9 Å². The van der Waals surface area contributed by atoms with Gasteiger partial charge >= 0.3 is 18.5 Å². The molecule has 0 saturated heterocycles. The normalized spacial score (nSPS) is 12.8. The van der Waals surface area contributed by atoms with E-state index in [0.29, 0.717) is 29.1 Å². The summed E-state index contributed by atoms with van der Waals surface area (Å²) in [6, 6.07) is 31.7. The van der Waals surface area contributed by atoms with Crippen molar-refractivity contribution in [1.82, 2.24) is 0 Å². The lowest BCUT2D eigenvalue weighted by molar-refractivity contribution is -0.138. The van der Waals surface area contributed by atoms with E-state index in [4.69, 9.17) is 4.74 Å². The Morgan fingerprint density at radius 3 is 1.42 bits per heavy atom. The predicted molar refractivity (Wildman–Crippen MR) is 207 cm³/mol. The van der Waals surface area contributed by atoms with Gasteiger partial charge < -0.3 is 4.74 Å². The molecule has 0 heterocycles. The van der Waals surface area contributed by atoms with Gasteiger partial charge in [-0.3, -0.25) is 0 Å². The minimum Gasteiger partial charge on any atom is -0.497 e. The lowest BCUT2D eigenvalue weighted by Gasteiger charge is -2.24. The molecule has 296 valence electrons. The second-order valence-electron chi connectivity index (χ2n) is 13.5. The fourth-order valence-corrected chi connectivity index (χ4v) is 9.23. The molecule has 1 nitrogen and oxygen atoms in total. The van der Waals surface area contributed by atoms with Gasteiger partial charge in [-0.25, -0.2) is 0 Å². The molecule has 0 aliphatic heterocycles. The molecule has 6 rings (SSSR count). The Morgan fingerprint density at radius 2 is 0.947 bits per heavy atom. The first kappa shape index (κ1) is 41.5. The number of aryl methyl sites for hydroxylation is 1. The van der Waals surface area contributed by atoms with E-state index in [1.54, 1.807) is 12.1 Å². The Hall–Kier alpha value is -5.16. The zero-order valence-electron chi connectivity index (χ0n) is 31.0. The third-order valence-electron chi connectivity index (χ3n) is 9.60. The van der Waals surface area contributed by atoms with Crippen molar-refractivity contribution in [1.29, 1.82) is 0 Å². The first-order valence-corrected chi connectivity index (χ1v) is 19.5. The molecular weight excluding hydrogens is 772 g/mol. The number of alkyl halides is 9. The number of hydrogen-bond donors (Lipinski definition) is 0. The third-order valence-corrected chi connectivity index (χ3v) is 11.9. The molecule has 0 aliphatic rings. The van der Waals surface area contributed by atoms with Crippen molar-refractivity contribution in [2.75, 3.05) is 7.11 Å². The molecule has 0 radical (unpaired) electrons. The SMILES string of the molecule is CCCCCCc1cc([S+](c2ccccc2)c2ccc(OC)cc2)c(-c2cccc(C(F)(F)F)c2)c(-c2cccc(C(F)(F)F)c2)c1-c1cccc(C(F)(F)F)c1. The molecule has 0 amide bonds. The summed E-state index contributed by atoms with van der Waals surface area (Å²) in [5, 5.41) is 0. The molecule has 0 spiro atoms. The van der Waals surface area contributed by atoms with Crippen LogP contribution in [0.4, 0.5) is 39.5 Å². The predicted octanol–water partition coefficient (Wildman–Crippen LogP) is 15.0. The highest BCUT2D eigenvalue weighted by Gasteiger charge is 2.39. The quantitative estimate of drug-likeness (QED) is 0.0680. The summed E-state index contributed by atoms with van der Waals surface area (Å²) in [5.41, 5.74) is -1.81. The highest BCUT2D eigenvalue weighted by Crippen LogP contribution is 2.51. The standard InChI is InChI=1S/C46H38F9OS/c1-3-4-5-7-13-33-29-40(57(38-20-8-6-9-21-38)39-24-22-37(56-2)23-25-39)42(31-15-11-18-35(27-31)45(50,51)52)43(32-16-12-19-36(28-32)46(53,54)55)41(33)30-14-10-17-34(26-30)44(47,48)49/h6,8-12,14-29H,3-5,7,13H2,1-2H3/q+1. The number of unbranched alkanes of at least 4 members (excludes halogenated alkanes) is 3. The lowest BCUT2D eigenvalue weighted by Crippen LogP contribution is -2.12. The minimum absolute atomic E-state index is 0.00681. The van der Waals surface area contributed by atoms with Gasteiger partial charge in [-0.2, -0.15) is 39.5 Å². The molecule has 0 fully saturated rings. The zero-order valence-corrected chi connectivity index (χ0v) is 31.8. The molecule has 0 aliphatic carbocycles. The summed E-state index contributed by atoms with van der Waals surface area (Å²) in [7, 11) is 0.398. The summed E-state index contributed by atoms with van der Waals surface area (Å²) in [6.45, 7) is 2.03. The zero-order chi connectivity index (χ0) is 41.0. The van der Waals surface area contributed by atoms with E-state index in [1.165, 1.54) is 43.5 Å². The Labute approximate surface area is 328 Å². The third kappa shape index (κ3) is 9.52. The van der Waals surface area contributed by atoms with Gasteiger partial charge in [0.05, 0.1) is 34.7 Å². The fourth-order valence-electron chi connectivity index (χ4n) is 6.93. The molecule has 1 atom stereocenters. The van der Waals surface area contributed by atoms with Crippen molar-refractivity contribution in [2.24, 2.45) is 0 Å². The van der Waals surface area contributed by atoms with Crippen LogP contribution in [0, 0.1) is 0 Å². The van der Waals surface area contributed by atoms with E-state index in [9.17, 15) is 39.5 Å². The summed E-state index contributed by atoms with van der Waals surface area (Å²) in [6.07, 6.45) is -10.9.